The second kappa shape index (κ2) is 5.31. The highest BCUT2D eigenvalue weighted by atomic mass is 32.1. The summed E-state index contributed by atoms with van der Waals surface area (Å²) in [6.07, 6.45) is 5.29. The van der Waals surface area contributed by atoms with Crippen LogP contribution in [-0.2, 0) is 4.79 Å². The van der Waals surface area contributed by atoms with Crippen LogP contribution in [0.25, 0.3) is 0 Å². The van der Waals surface area contributed by atoms with Gasteiger partial charge in [-0.05, 0) is 51.7 Å². The molecule has 1 aliphatic heterocycles. The maximum Gasteiger partial charge on any atom is 0.233 e. The van der Waals surface area contributed by atoms with Gasteiger partial charge in [0.2, 0.25) is 5.91 Å². The summed E-state index contributed by atoms with van der Waals surface area (Å²) in [6.45, 7) is 4.25. The van der Waals surface area contributed by atoms with Crippen molar-refractivity contribution < 1.29 is 4.79 Å². The van der Waals surface area contributed by atoms with Gasteiger partial charge in [0.1, 0.15) is 0 Å². The first-order valence-corrected chi connectivity index (χ1v) is 6.86. The summed E-state index contributed by atoms with van der Waals surface area (Å²) >= 11 is 4.95. The number of amides is 1. The second-order valence-corrected chi connectivity index (χ2v) is 5.54. The van der Waals surface area contributed by atoms with Gasteiger partial charge in [0, 0.05) is 6.54 Å². The topological polar surface area (TPSA) is 58.4 Å². The molecule has 96 valence electrons. The molecule has 3 N–H and O–H groups in total. The van der Waals surface area contributed by atoms with Crippen LogP contribution in [0.3, 0.4) is 0 Å². The number of nitrogens with two attached hydrogens (primary N) is 1. The van der Waals surface area contributed by atoms with E-state index in [0.717, 1.165) is 32.4 Å². The summed E-state index contributed by atoms with van der Waals surface area (Å²) in [4.78, 5) is 14.7. The molecule has 1 saturated heterocycles. The standard InChI is InChI=1S/C12H21N3OS/c13-10(17)12(4-5-12)11(16)14-6-3-9-15-7-1-2-8-15/h1-9H2,(H2,13,17)(H,14,16). The number of nitrogens with one attached hydrogen (secondary N) is 1. The first-order valence-electron chi connectivity index (χ1n) is 6.46. The molecule has 0 aromatic rings. The Balaban J connectivity index is 1.62. The fourth-order valence-electron chi connectivity index (χ4n) is 2.39. The van der Waals surface area contributed by atoms with E-state index in [9.17, 15) is 4.79 Å². The average molecular weight is 255 g/mol. The van der Waals surface area contributed by atoms with Gasteiger partial charge in [0.15, 0.2) is 0 Å². The molecule has 0 radical (unpaired) electrons. The molecule has 0 aromatic heterocycles. The van der Waals surface area contributed by atoms with Gasteiger partial charge in [-0.2, -0.15) is 0 Å². The van der Waals surface area contributed by atoms with Crippen molar-refractivity contribution in [1.82, 2.24) is 10.2 Å². The van der Waals surface area contributed by atoms with Gasteiger partial charge in [-0.25, -0.2) is 0 Å². The maximum atomic E-state index is 11.9. The molecule has 0 atom stereocenters. The van der Waals surface area contributed by atoms with Crippen LogP contribution < -0.4 is 11.1 Å². The van der Waals surface area contributed by atoms with Crippen molar-refractivity contribution in [3.63, 3.8) is 0 Å². The summed E-state index contributed by atoms with van der Waals surface area (Å²) in [6, 6.07) is 0. The minimum Gasteiger partial charge on any atom is -0.392 e. The molecule has 1 saturated carbocycles. The fraction of sp³-hybridized carbons (Fsp3) is 0.833. The molecule has 0 spiro atoms. The third-order valence-corrected chi connectivity index (χ3v) is 4.18. The van der Waals surface area contributed by atoms with Gasteiger partial charge in [-0.1, -0.05) is 12.2 Å². The lowest BCUT2D eigenvalue weighted by Gasteiger charge is -2.16. The van der Waals surface area contributed by atoms with Crippen LogP contribution in [0.4, 0.5) is 0 Å². The lowest BCUT2D eigenvalue weighted by Crippen LogP contribution is -2.40. The molecule has 1 amide bonds. The number of hydrogen-bond acceptors (Lipinski definition) is 3. The Bertz CT molecular complexity index is 309. The van der Waals surface area contributed by atoms with Crippen molar-refractivity contribution >= 4 is 23.1 Å². The number of nitrogens with zero attached hydrogens (tertiary/aromatic N) is 1. The van der Waals surface area contributed by atoms with Crippen LogP contribution >= 0.6 is 12.2 Å². The number of carbonyl (C=O) groups excluding carboxylic acids is 1. The normalized spacial score (nSPS) is 22.4. The summed E-state index contributed by atoms with van der Waals surface area (Å²) in [5, 5.41) is 2.96. The number of hydrogen-bond donors (Lipinski definition) is 2. The van der Waals surface area contributed by atoms with Gasteiger partial charge in [-0.3, -0.25) is 4.79 Å². The molecule has 1 aliphatic carbocycles. The minimum atomic E-state index is -0.497. The zero-order chi connectivity index (χ0) is 12.3. The van der Waals surface area contributed by atoms with Crippen LogP contribution in [0, 0.1) is 5.41 Å². The van der Waals surface area contributed by atoms with Crippen molar-refractivity contribution in [2.24, 2.45) is 11.1 Å². The SMILES string of the molecule is NC(=S)C1(C(=O)NCCCN2CCCC2)CC1. The van der Waals surface area contributed by atoms with Crippen LogP contribution in [0.15, 0.2) is 0 Å². The summed E-state index contributed by atoms with van der Waals surface area (Å²) in [5.41, 5.74) is 5.10. The Labute approximate surface area is 108 Å². The van der Waals surface area contributed by atoms with Crippen molar-refractivity contribution in [3.05, 3.63) is 0 Å². The zero-order valence-corrected chi connectivity index (χ0v) is 11.0. The molecule has 2 fully saturated rings. The van der Waals surface area contributed by atoms with Gasteiger partial charge in [0.05, 0.1) is 10.4 Å². The third kappa shape index (κ3) is 2.96. The van der Waals surface area contributed by atoms with E-state index in [-0.39, 0.29) is 5.91 Å². The summed E-state index contributed by atoms with van der Waals surface area (Å²) in [5.74, 6) is 0.0337. The highest BCUT2D eigenvalue weighted by molar-refractivity contribution is 7.80. The molecule has 2 aliphatic rings. The summed E-state index contributed by atoms with van der Waals surface area (Å²) < 4.78 is 0. The number of carbonyl (C=O) groups is 1. The number of thiocarbonyl (C=S) groups is 1. The lowest BCUT2D eigenvalue weighted by molar-refractivity contribution is -0.124. The predicted octanol–water partition coefficient (Wildman–Crippen LogP) is 0.655. The highest BCUT2D eigenvalue weighted by Gasteiger charge is 2.52. The minimum absolute atomic E-state index is 0.0337. The molecular formula is C12H21N3OS. The van der Waals surface area contributed by atoms with E-state index in [2.05, 4.69) is 10.2 Å². The Morgan fingerprint density at radius 2 is 2.00 bits per heavy atom. The van der Waals surface area contributed by atoms with E-state index in [4.69, 9.17) is 18.0 Å². The van der Waals surface area contributed by atoms with E-state index in [1.54, 1.807) is 0 Å². The van der Waals surface area contributed by atoms with Gasteiger partial charge in [0.25, 0.3) is 0 Å². The average Bonchev–Trinajstić information content (AvgIpc) is 2.97. The molecule has 2 rings (SSSR count). The van der Waals surface area contributed by atoms with Crippen LogP contribution in [0.5, 0.6) is 0 Å². The van der Waals surface area contributed by atoms with Gasteiger partial charge in [-0.15, -0.1) is 0 Å². The Kier molecular flexibility index (Phi) is 3.99. The lowest BCUT2D eigenvalue weighted by atomic mass is 10.1. The van der Waals surface area contributed by atoms with Crippen LogP contribution in [-0.4, -0.2) is 42.0 Å². The molecule has 4 nitrogen and oxygen atoms in total. The van der Waals surface area contributed by atoms with E-state index < -0.39 is 5.41 Å². The van der Waals surface area contributed by atoms with Gasteiger partial charge < -0.3 is 16.0 Å². The Morgan fingerprint density at radius 3 is 2.53 bits per heavy atom. The first-order chi connectivity index (χ1) is 8.15. The van der Waals surface area contributed by atoms with Crippen molar-refractivity contribution in [1.29, 1.82) is 0 Å². The van der Waals surface area contributed by atoms with E-state index in [1.807, 2.05) is 0 Å². The maximum absolute atomic E-state index is 11.9. The molecule has 1 heterocycles. The van der Waals surface area contributed by atoms with Crippen LogP contribution in [0.1, 0.15) is 32.1 Å². The predicted molar refractivity (Wildman–Crippen MR) is 71.8 cm³/mol. The molecule has 5 heteroatoms. The quantitative estimate of drug-likeness (QED) is 0.540. The molecule has 0 unspecified atom stereocenters. The smallest absolute Gasteiger partial charge is 0.233 e. The Morgan fingerprint density at radius 1 is 1.35 bits per heavy atom. The molecule has 0 aromatic carbocycles. The van der Waals surface area contributed by atoms with Gasteiger partial charge >= 0.3 is 0 Å². The Hall–Kier alpha value is -0.680. The van der Waals surface area contributed by atoms with Crippen LogP contribution in [0.2, 0.25) is 0 Å². The third-order valence-electron chi connectivity index (χ3n) is 3.79. The van der Waals surface area contributed by atoms with Crippen molar-refractivity contribution in [3.8, 4) is 0 Å². The summed E-state index contributed by atoms with van der Waals surface area (Å²) in [7, 11) is 0. The van der Waals surface area contributed by atoms with E-state index in [1.165, 1.54) is 25.9 Å². The fourth-order valence-corrected chi connectivity index (χ4v) is 2.69. The number of likely N-dealkylation sites (tertiary alicyclic amines) is 1. The molecule has 0 bridgehead atoms. The zero-order valence-electron chi connectivity index (χ0n) is 10.2. The van der Waals surface area contributed by atoms with E-state index >= 15 is 0 Å². The monoisotopic (exact) mass is 255 g/mol. The molecule has 17 heavy (non-hydrogen) atoms. The molecular weight excluding hydrogens is 234 g/mol. The number of rotatable bonds is 6. The van der Waals surface area contributed by atoms with Crippen molar-refractivity contribution in [2.75, 3.05) is 26.2 Å². The van der Waals surface area contributed by atoms with Crippen molar-refractivity contribution in [2.45, 2.75) is 32.1 Å². The largest absolute Gasteiger partial charge is 0.392 e. The van der Waals surface area contributed by atoms with E-state index in [0.29, 0.717) is 4.99 Å². The highest BCUT2D eigenvalue weighted by Crippen LogP contribution is 2.46. The second-order valence-electron chi connectivity index (χ2n) is 5.10. The first kappa shape index (κ1) is 12.8.